The van der Waals surface area contributed by atoms with Crippen molar-refractivity contribution in [3.8, 4) is 0 Å². The van der Waals surface area contributed by atoms with E-state index < -0.39 is 0 Å². The number of benzene rings is 1. The number of hydrogen-bond donors (Lipinski definition) is 1. The van der Waals surface area contributed by atoms with Gasteiger partial charge in [-0.2, -0.15) is 0 Å². The number of rotatable bonds is 3. The quantitative estimate of drug-likeness (QED) is 0.814. The van der Waals surface area contributed by atoms with E-state index in [-0.39, 0.29) is 0 Å². The molecule has 2 heteroatoms. The Morgan fingerprint density at radius 2 is 2.07 bits per heavy atom. The zero-order valence-corrected chi connectivity index (χ0v) is 9.45. The van der Waals surface area contributed by atoms with Crippen LogP contribution < -0.4 is 5.73 Å². The first-order valence-electron chi connectivity index (χ1n) is 5.68. The van der Waals surface area contributed by atoms with Crippen molar-refractivity contribution in [2.75, 3.05) is 19.6 Å². The van der Waals surface area contributed by atoms with Crippen LogP contribution in [0, 0.1) is 5.41 Å². The van der Waals surface area contributed by atoms with Gasteiger partial charge in [-0.05, 0) is 30.5 Å². The molecule has 1 aliphatic rings. The molecule has 0 aliphatic carbocycles. The Morgan fingerprint density at radius 1 is 1.33 bits per heavy atom. The Hall–Kier alpha value is -0.860. The molecule has 1 aromatic carbocycles. The molecule has 0 radical (unpaired) electrons. The molecule has 1 fully saturated rings. The summed E-state index contributed by atoms with van der Waals surface area (Å²) in [6.45, 7) is 6.48. The highest BCUT2D eigenvalue weighted by molar-refractivity contribution is 5.14. The Balaban J connectivity index is 1.93. The molecule has 15 heavy (non-hydrogen) atoms. The molecule has 1 atom stereocenters. The Labute approximate surface area is 92.1 Å². The largest absolute Gasteiger partial charge is 0.330 e. The van der Waals surface area contributed by atoms with Gasteiger partial charge >= 0.3 is 0 Å². The summed E-state index contributed by atoms with van der Waals surface area (Å²) in [5.41, 5.74) is 7.54. The van der Waals surface area contributed by atoms with Crippen LogP contribution >= 0.6 is 0 Å². The van der Waals surface area contributed by atoms with E-state index in [4.69, 9.17) is 5.73 Å². The molecule has 1 heterocycles. The number of likely N-dealkylation sites (tertiary alicyclic amines) is 1. The Bertz CT molecular complexity index is 310. The number of hydrogen-bond acceptors (Lipinski definition) is 2. The summed E-state index contributed by atoms with van der Waals surface area (Å²) in [6.07, 6.45) is 1.23. The molecule has 0 unspecified atom stereocenters. The minimum Gasteiger partial charge on any atom is -0.330 e. The van der Waals surface area contributed by atoms with Crippen LogP contribution in [0.15, 0.2) is 30.3 Å². The zero-order valence-electron chi connectivity index (χ0n) is 9.45. The van der Waals surface area contributed by atoms with Crippen LogP contribution in [0.1, 0.15) is 18.9 Å². The summed E-state index contributed by atoms with van der Waals surface area (Å²) in [5.74, 6) is 0. The summed E-state index contributed by atoms with van der Waals surface area (Å²) >= 11 is 0. The topological polar surface area (TPSA) is 29.3 Å². The molecular weight excluding hydrogens is 184 g/mol. The third kappa shape index (κ3) is 2.58. The van der Waals surface area contributed by atoms with Crippen LogP contribution in [0.3, 0.4) is 0 Å². The van der Waals surface area contributed by atoms with Gasteiger partial charge < -0.3 is 5.73 Å². The lowest BCUT2D eigenvalue weighted by Crippen LogP contribution is -2.31. The van der Waals surface area contributed by atoms with Gasteiger partial charge in [0.1, 0.15) is 0 Å². The van der Waals surface area contributed by atoms with Gasteiger partial charge in [-0.1, -0.05) is 37.3 Å². The van der Waals surface area contributed by atoms with Crippen molar-refractivity contribution < 1.29 is 0 Å². The molecule has 0 bridgehead atoms. The molecule has 0 aromatic heterocycles. The Kier molecular flexibility index (Phi) is 3.08. The number of nitrogens with two attached hydrogens (primary N) is 1. The van der Waals surface area contributed by atoms with Gasteiger partial charge in [0.05, 0.1) is 0 Å². The molecule has 1 saturated heterocycles. The minimum absolute atomic E-state index is 0.342. The maximum absolute atomic E-state index is 5.80. The molecule has 0 amide bonds. The number of nitrogens with zero attached hydrogens (tertiary/aromatic N) is 1. The van der Waals surface area contributed by atoms with Crippen molar-refractivity contribution in [2.45, 2.75) is 19.9 Å². The first-order valence-corrected chi connectivity index (χ1v) is 5.68. The molecule has 2 nitrogen and oxygen atoms in total. The summed E-state index contributed by atoms with van der Waals surface area (Å²) in [4.78, 5) is 2.50. The molecular formula is C13H20N2. The van der Waals surface area contributed by atoms with Gasteiger partial charge in [-0.25, -0.2) is 0 Å². The summed E-state index contributed by atoms with van der Waals surface area (Å²) < 4.78 is 0. The van der Waals surface area contributed by atoms with Crippen LogP contribution in [0.5, 0.6) is 0 Å². The lowest BCUT2D eigenvalue weighted by atomic mass is 9.90. The van der Waals surface area contributed by atoms with Crippen molar-refractivity contribution in [1.29, 1.82) is 0 Å². The second-order valence-corrected chi connectivity index (χ2v) is 4.96. The fourth-order valence-electron chi connectivity index (χ4n) is 2.27. The fourth-order valence-corrected chi connectivity index (χ4v) is 2.27. The lowest BCUT2D eigenvalue weighted by molar-refractivity contribution is 0.274. The third-order valence-electron chi connectivity index (χ3n) is 3.38. The molecule has 1 aliphatic heterocycles. The van der Waals surface area contributed by atoms with Crippen molar-refractivity contribution in [3.63, 3.8) is 0 Å². The van der Waals surface area contributed by atoms with Crippen LogP contribution in [-0.4, -0.2) is 24.5 Å². The second kappa shape index (κ2) is 4.33. The summed E-state index contributed by atoms with van der Waals surface area (Å²) in [5, 5.41) is 0. The van der Waals surface area contributed by atoms with E-state index in [1.165, 1.54) is 18.5 Å². The average molecular weight is 204 g/mol. The molecule has 0 spiro atoms. The third-order valence-corrected chi connectivity index (χ3v) is 3.38. The highest BCUT2D eigenvalue weighted by atomic mass is 15.2. The first kappa shape index (κ1) is 10.7. The normalized spacial score (nSPS) is 27.1. The van der Waals surface area contributed by atoms with Crippen molar-refractivity contribution in [1.82, 2.24) is 4.90 Å². The predicted molar refractivity (Wildman–Crippen MR) is 63.5 cm³/mol. The SMILES string of the molecule is C[C@@]1(CN)CCN(Cc2ccccc2)C1. The van der Waals surface area contributed by atoms with Crippen molar-refractivity contribution >= 4 is 0 Å². The van der Waals surface area contributed by atoms with E-state index in [0.29, 0.717) is 5.41 Å². The summed E-state index contributed by atoms with van der Waals surface area (Å²) in [7, 11) is 0. The van der Waals surface area contributed by atoms with E-state index >= 15 is 0 Å². The zero-order chi connectivity index (χ0) is 10.7. The van der Waals surface area contributed by atoms with Gasteiger partial charge in [0.2, 0.25) is 0 Å². The van der Waals surface area contributed by atoms with Gasteiger partial charge in [-0.15, -0.1) is 0 Å². The van der Waals surface area contributed by atoms with Gasteiger partial charge in [0.15, 0.2) is 0 Å². The van der Waals surface area contributed by atoms with Crippen LogP contribution in [0.25, 0.3) is 0 Å². The van der Waals surface area contributed by atoms with Crippen LogP contribution in [0.2, 0.25) is 0 Å². The maximum Gasteiger partial charge on any atom is 0.0233 e. The van der Waals surface area contributed by atoms with Crippen molar-refractivity contribution in [3.05, 3.63) is 35.9 Å². The molecule has 1 aromatic rings. The van der Waals surface area contributed by atoms with Gasteiger partial charge in [-0.3, -0.25) is 4.90 Å². The predicted octanol–water partition coefficient (Wildman–Crippen LogP) is 1.86. The van der Waals surface area contributed by atoms with E-state index in [1.54, 1.807) is 0 Å². The fraction of sp³-hybridized carbons (Fsp3) is 0.538. The lowest BCUT2D eigenvalue weighted by Gasteiger charge is -2.22. The van der Waals surface area contributed by atoms with Crippen LogP contribution in [0.4, 0.5) is 0 Å². The maximum atomic E-state index is 5.80. The van der Waals surface area contributed by atoms with E-state index in [1.807, 2.05) is 0 Å². The smallest absolute Gasteiger partial charge is 0.0233 e. The van der Waals surface area contributed by atoms with Gasteiger partial charge in [0, 0.05) is 13.1 Å². The minimum atomic E-state index is 0.342. The van der Waals surface area contributed by atoms with E-state index in [0.717, 1.165) is 19.6 Å². The standard InChI is InChI=1S/C13H20N2/c1-13(10-14)7-8-15(11-13)9-12-5-3-2-4-6-12/h2-6H,7-11,14H2,1H3/t13-/m0/s1. The summed E-state index contributed by atoms with van der Waals surface area (Å²) in [6, 6.07) is 10.7. The molecule has 82 valence electrons. The highest BCUT2D eigenvalue weighted by Gasteiger charge is 2.31. The second-order valence-electron chi connectivity index (χ2n) is 4.96. The van der Waals surface area contributed by atoms with Crippen LogP contribution in [-0.2, 0) is 6.54 Å². The highest BCUT2D eigenvalue weighted by Crippen LogP contribution is 2.29. The molecule has 2 rings (SSSR count). The van der Waals surface area contributed by atoms with E-state index in [9.17, 15) is 0 Å². The molecule has 0 saturated carbocycles. The first-order chi connectivity index (χ1) is 7.22. The molecule has 2 N–H and O–H groups in total. The van der Waals surface area contributed by atoms with E-state index in [2.05, 4.69) is 42.2 Å². The monoisotopic (exact) mass is 204 g/mol. The Morgan fingerprint density at radius 3 is 2.67 bits per heavy atom. The van der Waals surface area contributed by atoms with Gasteiger partial charge in [0.25, 0.3) is 0 Å². The van der Waals surface area contributed by atoms with Crippen molar-refractivity contribution in [2.24, 2.45) is 11.1 Å². The average Bonchev–Trinajstić information content (AvgIpc) is 2.63.